The Kier molecular flexibility index (Phi) is 5.66. The van der Waals surface area contributed by atoms with Crippen LogP contribution in [-0.4, -0.2) is 20.1 Å². The van der Waals surface area contributed by atoms with Gasteiger partial charge in [-0.1, -0.05) is 22.0 Å². The molecule has 1 amide bonds. The van der Waals surface area contributed by atoms with Crippen molar-refractivity contribution in [1.82, 2.24) is 5.32 Å². The summed E-state index contributed by atoms with van der Waals surface area (Å²) in [5.74, 6) is 1.21. The lowest BCUT2D eigenvalue weighted by atomic mass is 10.0. The van der Waals surface area contributed by atoms with Gasteiger partial charge in [0.05, 0.1) is 20.3 Å². The lowest BCUT2D eigenvalue weighted by Crippen LogP contribution is -2.27. The van der Waals surface area contributed by atoms with Gasteiger partial charge in [0.15, 0.2) is 11.5 Å². The molecule has 0 aliphatic rings. The van der Waals surface area contributed by atoms with Crippen LogP contribution in [-0.2, 0) is 0 Å². The molecule has 2 rings (SSSR count). The molecule has 0 aromatic heterocycles. The molecule has 0 saturated carbocycles. The highest BCUT2D eigenvalue weighted by Crippen LogP contribution is 2.32. The Morgan fingerprint density at radius 1 is 1.13 bits per heavy atom. The van der Waals surface area contributed by atoms with Gasteiger partial charge in [-0.2, -0.15) is 0 Å². The summed E-state index contributed by atoms with van der Waals surface area (Å²) < 4.78 is 11.5. The third kappa shape index (κ3) is 4.05. The summed E-state index contributed by atoms with van der Waals surface area (Å²) in [6, 6.07) is 11.0. The van der Waals surface area contributed by atoms with E-state index in [4.69, 9.17) is 9.47 Å². The van der Waals surface area contributed by atoms with Crippen molar-refractivity contribution in [2.75, 3.05) is 14.2 Å². The van der Waals surface area contributed by atoms with Gasteiger partial charge in [0.25, 0.3) is 5.91 Å². The van der Waals surface area contributed by atoms with Crippen LogP contribution in [0, 0.1) is 6.92 Å². The van der Waals surface area contributed by atoms with E-state index in [1.807, 2.05) is 38.1 Å². The van der Waals surface area contributed by atoms with Crippen molar-refractivity contribution in [2.24, 2.45) is 0 Å². The fourth-order valence-corrected chi connectivity index (χ4v) is 2.85. The number of amides is 1. The Bertz CT molecular complexity index is 715. The second-order valence-corrected chi connectivity index (χ2v) is 6.18. The number of hydrogen-bond donors (Lipinski definition) is 1. The van der Waals surface area contributed by atoms with E-state index >= 15 is 0 Å². The molecule has 1 N–H and O–H groups in total. The van der Waals surface area contributed by atoms with Crippen LogP contribution >= 0.6 is 15.9 Å². The second kappa shape index (κ2) is 7.51. The van der Waals surface area contributed by atoms with Gasteiger partial charge in [-0.15, -0.1) is 0 Å². The Morgan fingerprint density at radius 3 is 2.39 bits per heavy atom. The van der Waals surface area contributed by atoms with Crippen molar-refractivity contribution in [2.45, 2.75) is 19.9 Å². The maximum Gasteiger partial charge on any atom is 0.251 e. The predicted molar refractivity (Wildman–Crippen MR) is 94.3 cm³/mol. The molecule has 0 heterocycles. The van der Waals surface area contributed by atoms with E-state index < -0.39 is 0 Å². The molecule has 2 aromatic carbocycles. The zero-order valence-corrected chi connectivity index (χ0v) is 15.2. The maximum absolute atomic E-state index is 12.4. The quantitative estimate of drug-likeness (QED) is 0.846. The first-order valence-corrected chi connectivity index (χ1v) is 8.04. The standard InChI is InChI=1S/C18H20BrNO3/c1-11-8-16(22-3)17(23-4)10-15(11)12(2)20-18(21)13-6-5-7-14(19)9-13/h5-10,12H,1-4H3,(H,20,21). The topological polar surface area (TPSA) is 47.6 Å². The summed E-state index contributed by atoms with van der Waals surface area (Å²) in [6.45, 7) is 3.93. The number of halogens is 1. The van der Waals surface area contributed by atoms with Crippen molar-refractivity contribution in [3.63, 3.8) is 0 Å². The van der Waals surface area contributed by atoms with E-state index in [0.29, 0.717) is 17.1 Å². The van der Waals surface area contributed by atoms with Crippen LogP contribution in [0.4, 0.5) is 0 Å². The number of aryl methyl sites for hydroxylation is 1. The lowest BCUT2D eigenvalue weighted by molar-refractivity contribution is 0.0939. The van der Waals surface area contributed by atoms with E-state index in [1.54, 1.807) is 26.4 Å². The fourth-order valence-electron chi connectivity index (χ4n) is 2.45. The maximum atomic E-state index is 12.4. The first-order valence-electron chi connectivity index (χ1n) is 7.25. The first-order chi connectivity index (χ1) is 11.0. The largest absolute Gasteiger partial charge is 0.493 e. The van der Waals surface area contributed by atoms with Crippen molar-refractivity contribution in [3.05, 3.63) is 57.6 Å². The Morgan fingerprint density at radius 2 is 1.78 bits per heavy atom. The molecule has 23 heavy (non-hydrogen) atoms. The number of methoxy groups -OCH3 is 2. The average molecular weight is 378 g/mol. The van der Waals surface area contributed by atoms with Crippen molar-refractivity contribution in [1.29, 1.82) is 0 Å². The zero-order valence-electron chi connectivity index (χ0n) is 13.6. The monoisotopic (exact) mass is 377 g/mol. The van der Waals surface area contributed by atoms with Gasteiger partial charge in [0, 0.05) is 10.0 Å². The molecular formula is C18H20BrNO3. The van der Waals surface area contributed by atoms with Crippen molar-refractivity contribution >= 4 is 21.8 Å². The van der Waals surface area contributed by atoms with Crippen LogP contribution in [0.2, 0.25) is 0 Å². The van der Waals surface area contributed by atoms with Gasteiger partial charge in [-0.05, 0) is 55.3 Å². The van der Waals surface area contributed by atoms with E-state index in [0.717, 1.165) is 15.6 Å². The van der Waals surface area contributed by atoms with Crippen LogP contribution in [0.5, 0.6) is 11.5 Å². The molecule has 4 nitrogen and oxygen atoms in total. The summed E-state index contributed by atoms with van der Waals surface area (Å²) in [6.07, 6.45) is 0. The summed E-state index contributed by atoms with van der Waals surface area (Å²) in [5.41, 5.74) is 2.64. The summed E-state index contributed by atoms with van der Waals surface area (Å²) in [7, 11) is 3.21. The number of carbonyl (C=O) groups is 1. The molecule has 0 bridgehead atoms. The number of hydrogen-bond acceptors (Lipinski definition) is 3. The Labute approximate surface area is 144 Å². The second-order valence-electron chi connectivity index (χ2n) is 5.27. The van der Waals surface area contributed by atoms with E-state index in [2.05, 4.69) is 21.2 Å². The SMILES string of the molecule is COc1cc(C)c(C(C)NC(=O)c2cccc(Br)c2)cc1OC. The average Bonchev–Trinajstić information content (AvgIpc) is 2.54. The van der Waals surface area contributed by atoms with Crippen LogP contribution in [0.1, 0.15) is 34.5 Å². The van der Waals surface area contributed by atoms with Crippen LogP contribution < -0.4 is 14.8 Å². The highest BCUT2D eigenvalue weighted by atomic mass is 79.9. The normalized spacial score (nSPS) is 11.7. The van der Waals surface area contributed by atoms with E-state index in [9.17, 15) is 4.79 Å². The van der Waals surface area contributed by atoms with Crippen molar-refractivity contribution < 1.29 is 14.3 Å². The van der Waals surface area contributed by atoms with Gasteiger partial charge in [0.2, 0.25) is 0 Å². The van der Waals surface area contributed by atoms with Crippen molar-refractivity contribution in [3.8, 4) is 11.5 Å². The zero-order chi connectivity index (χ0) is 17.0. The molecule has 0 spiro atoms. The summed E-state index contributed by atoms with van der Waals surface area (Å²) in [5, 5.41) is 3.01. The molecule has 0 aliphatic carbocycles. The van der Waals surface area contributed by atoms with Gasteiger partial charge >= 0.3 is 0 Å². The molecule has 0 saturated heterocycles. The first kappa shape index (κ1) is 17.3. The Hall–Kier alpha value is -2.01. The third-order valence-corrected chi connectivity index (χ3v) is 4.17. The number of rotatable bonds is 5. The predicted octanol–water partition coefficient (Wildman–Crippen LogP) is 4.27. The highest BCUT2D eigenvalue weighted by molar-refractivity contribution is 9.10. The van der Waals surface area contributed by atoms with Crippen LogP contribution in [0.3, 0.4) is 0 Å². The number of nitrogens with one attached hydrogen (secondary N) is 1. The molecule has 122 valence electrons. The van der Waals surface area contributed by atoms with E-state index in [-0.39, 0.29) is 11.9 Å². The molecule has 0 radical (unpaired) electrons. The number of carbonyl (C=O) groups excluding carboxylic acids is 1. The van der Waals surface area contributed by atoms with Crippen LogP contribution in [0.15, 0.2) is 40.9 Å². The highest BCUT2D eigenvalue weighted by Gasteiger charge is 2.16. The number of ether oxygens (including phenoxy) is 2. The molecule has 0 aliphatic heterocycles. The van der Waals surface area contributed by atoms with Gasteiger partial charge in [-0.3, -0.25) is 4.79 Å². The summed E-state index contributed by atoms with van der Waals surface area (Å²) in [4.78, 5) is 12.4. The van der Waals surface area contributed by atoms with Gasteiger partial charge < -0.3 is 14.8 Å². The smallest absolute Gasteiger partial charge is 0.251 e. The minimum absolute atomic E-state index is 0.118. The minimum atomic E-state index is -0.152. The Balaban J connectivity index is 2.23. The van der Waals surface area contributed by atoms with E-state index in [1.165, 1.54) is 0 Å². The van der Waals surface area contributed by atoms with Gasteiger partial charge in [0.1, 0.15) is 0 Å². The summed E-state index contributed by atoms with van der Waals surface area (Å²) >= 11 is 3.38. The molecule has 0 fully saturated rings. The molecule has 5 heteroatoms. The molecule has 2 aromatic rings. The third-order valence-electron chi connectivity index (χ3n) is 3.67. The molecule has 1 unspecified atom stereocenters. The number of benzene rings is 2. The minimum Gasteiger partial charge on any atom is -0.493 e. The fraction of sp³-hybridized carbons (Fsp3) is 0.278. The molecular weight excluding hydrogens is 358 g/mol. The van der Waals surface area contributed by atoms with Crippen LogP contribution in [0.25, 0.3) is 0 Å². The lowest BCUT2D eigenvalue weighted by Gasteiger charge is -2.19. The molecule has 1 atom stereocenters. The van der Waals surface area contributed by atoms with Gasteiger partial charge in [-0.25, -0.2) is 0 Å².